The standard InChI is InChI=1S/C20H14F3N5O/c1-11-14(8-24)5-15(9-26-11)17-7-16(10-27-12(17)2)28-19(29)13-3-4-25-18(6-13)20(21,22)23/h3-7,9-10H,1-2H3,(H,28,29). The molecule has 0 unspecified atom stereocenters. The minimum Gasteiger partial charge on any atom is -0.321 e. The maximum Gasteiger partial charge on any atom is 0.433 e. The summed E-state index contributed by atoms with van der Waals surface area (Å²) in [5, 5.41) is 11.7. The number of aromatic nitrogens is 3. The van der Waals surface area contributed by atoms with E-state index in [1.165, 1.54) is 12.3 Å². The first-order valence-corrected chi connectivity index (χ1v) is 8.37. The molecule has 0 bridgehead atoms. The molecule has 0 saturated carbocycles. The van der Waals surface area contributed by atoms with Crippen LogP contribution in [0.1, 0.15) is 33.0 Å². The minimum absolute atomic E-state index is 0.182. The van der Waals surface area contributed by atoms with E-state index < -0.39 is 17.8 Å². The molecule has 0 fully saturated rings. The van der Waals surface area contributed by atoms with E-state index in [0.29, 0.717) is 39.8 Å². The molecule has 0 aromatic carbocycles. The number of nitrogens with one attached hydrogen (secondary N) is 1. The van der Waals surface area contributed by atoms with Crippen LogP contribution in [0.25, 0.3) is 11.1 Å². The van der Waals surface area contributed by atoms with Gasteiger partial charge in [0.15, 0.2) is 0 Å². The quantitative estimate of drug-likeness (QED) is 0.712. The van der Waals surface area contributed by atoms with Crippen LogP contribution in [0.15, 0.2) is 42.9 Å². The van der Waals surface area contributed by atoms with Crippen LogP contribution >= 0.6 is 0 Å². The lowest BCUT2D eigenvalue weighted by molar-refractivity contribution is -0.141. The number of halogens is 3. The van der Waals surface area contributed by atoms with Gasteiger partial charge in [-0.05, 0) is 38.1 Å². The van der Waals surface area contributed by atoms with Crippen LogP contribution in [0.2, 0.25) is 0 Å². The second kappa shape index (κ2) is 7.67. The summed E-state index contributed by atoms with van der Waals surface area (Å²) in [6, 6.07) is 7.22. The number of alkyl halides is 3. The fraction of sp³-hybridized carbons (Fsp3) is 0.150. The normalized spacial score (nSPS) is 11.0. The molecule has 3 rings (SSSR count). The van der Waals surface area contributed by atoms with Crippen LogP contribution in [-0.4, -0.2) is 20.9 Å². The van der Waals surface area contributed by atoms with Crippen LogP contribution in [-0.2, 0) is 6.18 Å². The number of pyridine rings is 3. The van der Waals surface area contributed by atoms with Crippen molar-refractivity contribution >= 4 is 11.6 Å². The monoisotopic (exact) mass is 397 g/mol. The highest BCUT2D eigenvalue weighted by Gasteiger charge is 2.33. The molecule has 29 heavy (non-hydrogen) atoms. The molecule has 6 nitrogen and oxygen atoms in total. The van der Waals surface area contributed by atoms with Gasteiger partial charge in [-0.15, -0.1) is 0 Å². The Morgan fingerprint density at radius 1 is 1.07 bits per heavy atom. The largest absolute Gasteiger partial charge is 0.433 e. The smallest absolute Gasteiger partial charge is 0.321 e. The molecule has 3 aromatic heterocycles. The Balaban J connectivity index is 1.91. The third kappa shape index (κ3) is 4.38. The lowest BCUT2D eigenvalue weighted by atomic mass is 10.0. The number of hydrogen-bond donors (Lipinski definition) is 1. The zero-order chi connectivity index (χ0) is 21.2. The van der Waals surface area contributed by atoms with Gasteiger partial charge >= 0.3 is 6.18 Å². The fourth-order valence-corrected chi connectivity index (χ4v) is 2.62. The molecule has 0 spiro atoms. The molecular weight excluding hydrogens is 383 g/mol. The van der Waals surface area contributed by atoms with E-state index in [0.717, 1.165) is 6.20 Å². The summed E-state index contributed by atoms with van der Waals surface area (Å²) >= 11 is 0. The highest BCUT2D eigenvalue weighted by molar-refractivity contribution is 6.04. The van der Waals surface area contributed by atoms with Crippen molar-refractivity contribution in [1.82, 2.24) is 15.0 Å². The van der Waals surface area contributed by atoms with Crippen LogP contribution in [0.5, 0.6) is 0 Å². The lowest BCUT2D eigenvalue weighted by Crippen LogP contribution is -2.15. The van der Waals surface area contributed by atoms with E-state index >= 15 is 0 Å². The average Bonchev–Trinajstić information content (AvgIpc) is 2.69. The third-order valence-corrected chi connectivity index (χ3v) is 4.18. The van der Waals surface area contributed by atoms with Gasteiger partial charge in [-0.3, -0.25) is 19.7 Å². The van der Waals surface area contributed by atoms with Crippen LogP contribution in [0.4, 0.5) is 18.9 Å². The van der Waals surface area contributed by atoms with Crippen molar-refractivity contribution in [2.45, 2.75) is 20.0 Å². The SMILES string of the molecule is Cc1ncc(-c2cc(NC(=O)c3ccnc(C(F)(F)F)c3)cnc2C)cc1C#N. The number of hydrogen-bond acceptors (Lipinski definition) is 5. The number of amides is 1. The van der Waals surface area contributed by atoms with Crippen molar-refractivity contribution in [3.63, 3.8) is 0 Å². The Morgan fingerprint density at radius 2 is 1.79 bits per heavy atom. The van der Waals surface area contributed by atoms with E-state index in [4.69, 9.17) is 0 Å². The van der Waals surface area contributed by atoms with Crippen molar-refractivity contribution in [3.8, 4) is 17.2 Å². The summed E-state index contributed by atoms with van der Waals surface area (Å²) in [7, 11) is 0. The number of nitrogens with zero attached hydrogens (tertiary/aromatic N) is 4. The molecule has 0 atom stereocenters. The molecule has 0 aliphatic heterocycles. The molecule has 3 aromatic rings. The van der Waals surface area contributed by atoms with Gasteiger partial charge in [0.2, 0.25) is 0 Å². The molecule has 0 aliphatic rings. The summed E-state index contributed by atoms with van der Waals surface area (Å²) in [6.07, 6.45) is -0.733. The Labute approximate surface area is 164 Å². The van der Waals surface area contributed by atoms with Crippen molar-refractivity contribution in [2.75, 3.05) is 5.32 Å². The molecule has 9 heteroatoms. The number of aryl methyl sites for hydroxylation is 2. The summed E-state index contributed by atoms with van der Waals surface area (Å²) < 4.78 is 38.4. The predicted molar refractivity (Wildman–Crippen MR) is 98.8 cm³/mol. The zero-order valence-corrected chi connectivity index (χ0v) is 15.4. The van der Waals surface area contributed by atoms with E-state index in [1.54, 1.807) is 32.2 Å². The van der Waals surface area contributed by atoms with Gasteiger partial charge in [0, 0.05) is 34.8 Å². The topological polar surface area (TPSA) is 91.6 Å². The molecule has 1 amide bonds. The molecule has 0 saturated heterocycles. The molecule has 146 valence electrons. The average molecular weight is 397 g/mol. The predicted octanol–water partition coefficient (Wildman–Crippen LogP) is 4.30. The molecule has 0 radical (unpaired) electrons. The molecule has 1 N–H and O–H groups in total. The van der Waals surface area contributed by atoms with Gasteiger partial charge in [0.05, 0.1) is 23.1 Å². The van der Waals surface area contributed by atoms with E-state index in [9.17, 15) is 23.2 Å². The number of rotatable bonds is 3. The highest BCUT2D eigenvalue weighted by atomic mass is 19.4. The van der Waals surface area contributed by atoms with E-state index in [-0.39, 0.29) is 5.56 Å². The second-order valence-corrected chi connectivity index (χ2v) is 6.21. The van der Waals surface area contributed by atoms with Gasteiger partial charge in [0.25, 0.3) is 5.91 Å². The Morgan fingerprint density at radius 3 is 2.48 bits per heavy atom. The van der Waals surface area contributed by atoms with Crippen molar-refractivity contribution in [2.24, 2.45) is 0 Å². The number of nitriles is 1. The van der Waals surface area contributed by atoms with Gasteiger partial charge < -0.3 is 5.32 Å². The number of anilines is 1. The lowest BCUT2D eigenvalue weighted by Gasteiger charge is -2.11. The van der Waals surface area contributed by atoms with Crippen LogP contribution < -0.4 is 5.32 Å². The number of carbonyl (C=O) groups is 1. The third-order valence-electron chi connectivity index (χ3n) is 4.18. The van der Waals surface area contributed by atoms with Crippen LogP contribution in [0, 0.1) is 25.2 Å². The minimum atomic E-state index is -4.65. The molecule has 3 heterocycles. The van der Waals surface area contributed by atoms with Gasteiger partial charge in [-0.1, -0.05) is 0 Å². The van der Waals surface area contributed by atoms with Crippen LogP contribution in [0.3, 0.4) is 0 Å². The van der Waals surface area contributed by atoms with Crippen molar-refractivity contribution in [3.05, 3.63) is 71.1 Å². The van der Waals surface area contributed by atoms with E-state index in [1.807, 2.05) is 0 Å². The summed E-state index contributed by atoms with van der Waals surface area (Å²) in [5.74, 6) is -0.728. The zero-order valence-electron chi connectivity index (χ0n) is 15.4. The first-order chi connectivity index (χ1) is 13.7. The fourth-order valence-electron chi connectivity index (χ4n) is 2.62. The first-order valence-electron chi connectivity index (χ1n) is 8.37. The van der Waals surface area contributed by atoms with Gasteiger partial charge in [-0.2, -0.15) is 18.4 Å². The summed E-state index contributed by atoms with van der Waals surface area (Å²) in [5.41, 5.74) is 1.87. The summed E-state index contributed by atoms with van der Waals surface area (Å²) in [4.78, 5) is 24.0. The van der Waals surface area contributed by atoms with E-state index in [2.05, 4.69) is 26.3 Å². The van der Waals surface area contributed by atoms with Crippen molar-refractivity contribution in [1.29, 1.82) is 5.26 Å². The maximum atomic E-state index is 12.8. The Bertz CT molecular complexity index is 1140. The number of carbonyl (C=O) groups excluding carboxylic acids is 1. The second-order valence-electron chi connectivity index (χ2n) is 6.21. The Hall–Kier alpha value is -3.80. The van der Waals surface area contributed by atoms with Gasteiger partial charge in [-0.25, -0.2) is 0 Å². The molecule has 0 aliphatic carbocycles. The Kier molecular flexibility index (Phi) is 5.28. The molecular formula is C20H14F3N5O. The van der Waals surface area contributed by atoms with Crippen molar-refractivity contribution < 1.29 is 18.0 Å². The highest BCUT2D eigenvalue weighted by Crippen LogP contribution is 2.29. The summed E-state index contributed by atoms with van der Waals surface area (Å²) in [6.45, 7) is 3.47. The maximum absolute atomic E-state index is 12.8. The first kappa shape index (κ1) is 19.9. The van der Waals surface area contributed by atoms with Gasteiger partial charge in [0.1, 0.15) is 11.8 Å².